The minimum absolute atomic E-state index is 0.181. The minimum atomic E-state index is -3.39. The zero-order valence-electron chi connectivity index (χ0n) is 21.4. The first-order chi connectivity index (χ1) is 18.9. The van der Waals surface area contributed by atoms with Crippen molar-refractivity contribution in [3.63, 3.8) is 0 Å². The summed E-state index contributed by atoms with van der Waals surface area (Å²) in [5.74, 6) is -0.895. The highest BCUT2D eigenvalue weighted by atomic mass is 32.5. The number of nitrogens with two attached hydrogens (primary N) is 1. The first kappa shape index (κ1) is 28.6. The van der Waals surface area contributed by atoms with Crippen molar-refractivity contribution in [2.75, 3.05) is 18.9 Å². The Morgan fingerprint density at radius 3 is 1.74 bits per heavy atom. The SMILES string of the molecule is CCOP(=S)(OCC)OC(=O)/C(=N/OC(c1ccccc1)(c1ccccc1)c1ccccc1)c1csc(N)n1. The molecule has 1 heterocycles. The van der Waals surface area contributed by atoms with Crippen molar-refractivity contribution < 1.29 is 23.2 Å². The van der Waals surface area contributed by atoms with E-state index in [1.165, 1.54) is 0 Å². The molecule has 4 rings (SSSR count). The molecule has 0 unspecified atom stereocenters. The van der Waals surface area contributed by atoms with Gasteiger partial charge in [0, 0.05) is 33.9 Å². The Bertz CT molecular complexity index is 1340. The molecule has 0 saturated carbocycles. The molecule has 0 amide bonds. The van der Waals surface area contributed by atoms with Crippen LogP contribution in [0.4, 0.5) is 5.13 Å². The van der Waals surface area contributed by atoms with E-state index in [1.807, 2.05) is 91.0 Å². The monoisotopic (exact) mass is 581 g/mol. The first-order valence-electron chi connectivity index (χ1n) is 12.2. The van der Waals surface area contributed by atoms with Crippen LogP contribution in [0.3, 0.4) is 0 Å². The molecule has 0 spiro atoms. The van der Waals surface area contributed by atoms with E-state index in [4.69, 9.17) is 35.9 Å². The molecule has 0 aliphatic carbocycles. The van der Waals surface area contributed by atoms with E-state index in [-0.39, 0.29) is 29.8 Å². The lowest BCUT2D eigenvalue weighted by Crippen LogP contribution is -2.32. The van der Waals surface area contributed by atoms with Crippen LogP contribution < -0.4 is 5.73 Å². The number of nitrogens with zero attached hydrogens (tertiary/aromatic N) is 2. The smallest absolute Gasteiger partial charge is 0.383 e. The molecule has 0 bridgehead atoms. The van der Waals surface area contributed by atoms with Crippen molar-refractivity contribution in [1.82, 2.24) is 4.98 Å². The molecule has 1 aromatic heterocycles. The Balaban J connectivity index is 1.89. The summed E-state index contributed by atoms with van der Waals surface area (Å²) in [6, 6.07) is 28.9. The lowest BCUT2D eigenvalue weighted by molar-refractivity contribution is -0.128. The third-order valence-corrected chi connectivity index (χ3v) is 8.61. The number of hydrogen-bond acceptors (Lipinski definition) is 10. The molecular formula is C28H28N3O5PS2. The van der Waals surface area contributed by atoms with Crippen LogP contribution in [0.5, 0.6) is 0 Å². The minimum Gasteiger partial charge on any atom is -0.386 e. The molecule has 0 aliphatic rings. The molecule has 4 aromatic rings. The van der Waals surface area contributed by atoms with Gasteiger partial charge in [-0.25, -0.2) is 9.78 Å². The van der Waals surface area contributed by atoms with Crippen molar-refractivity contribution >= 4 is 46.7 Å². The van der Waals surface area contributed by atoms with Crippen molar-refractivity contribution in [2.45, 2.75) is 19.4 Å². The average molecular weight is 582 g/mol. The topological polar surface area (TPSA) is 105 Å². The predicted octanol–water partition coefficient (Wildman–Crippen LogP) is 6.28. The quantitative estimate of drug-likeness (QED) is 0.0902. The highest BCUT2D eigenvalue weighted by Gasteiger charge is 2.40. The van der Waals surface area contributed by atoms with Gasteiger partial charge in [-0.15, -0.1) is 11.3 Å². The fraction of sp³-hybridized carbons (Fsp3) is 0.179. The largest absolute Gasteiger partial charge is 0.386 e. The van der Waals surface area contributed by atoms with Crippen LogP contribution in [0.1, 0.15) is 36.2 Å². The zero-order chi connectivity index (χ0) is 27.7. The summed E-state index contributed by atoms with van der Waals surface area (Å²) < 4.78 is 16.6. The number of nitrogen functional groups attached to an aromatic ring is 1. The summed E-state index contributed by atoms with van der Waals surface area (Å²) in [4.78, 5) is 24.3. The second kappa shape index (κ2) is 13.1. The maximum atomic E-state index is 13.5. The van der Waals surface area contributed by atoms with Crippen LogP contribution in [-0.4, -0.2) is 29.9 Å². The number of carbonyl (C=O) groups is 1. The highest BCUT2D eigenvalue weighted by Crippen LogP contribution is 2.50. The molecule has 11 heteroatoms. The Morgan fingerprint density at radius 2 is 1.36 bits per heavy atom. The lowest BCUT2D eigenvalue weighted by atomic mass is 9.80. The number of hydrogen-bond donors (Lipinski definition) is 1. The Hall–Kier alpha value is -3.40. The third kappa shape index (κ3) is 6.61. The molecule has 0 saturated heterocycles. The summed E-state index contributed by atoms with van der Waals surface area (Å²) in [6.45, 7) is 0.494. The van der Waals surface area contributed by atoms with Crippen LogP contribution in [-0.2, 0) is 40.6 Å². The van der Waals surface area contributed by atoms with Gasteiger partial charge in [0.15, 0.2) is 5.13 Å². The molecule has 0 radical (unpaired) electrons. The van der Waals surface area contributed by atoms with Gasteiger partial charge in [-0.05, 0) is 13.8 Å². The van der Waals surface area contributed by atoms with E-state index < -0.39 is 18.3 Å². The van der Waals surface area contributed by atoms with E-state index in [9.17, 15) is 4.79 Å². The van der Waals surface area contributed by atoms with Crippen LogP contribution in [0.2, 0.25) is 0 Å². The second-order valence-corrected chi connectivity index (χ2v) is 11.9. The average Bonchev–Trinajstić information content (AvgIpc) is 3.38. The fourth-order valence-corrected chi connectivity index (χ4v) is 6.41. The molecular weight excluding hydrogens is 553 g/mol. The van der Waals surface area contributed by atoms with Crippen molar-refractivity contribution in [3.05, 3.63) is 119 Å². The van der Waals surface area contributed by atoms with Crippen molar-refractivity contribution in [1.29, 1.82) is 0 Å². The van der Waals surface area contributed by atoms with Crippen molar-refractivity contribution in [2.24, 2.45) is 5.16 Å². The summed E-state index contributed by atoms with van der Waals surface area (Å²) >= 11 is 6.58. The predicted molar refractivity (Wildman–Crippen MR) is 157 cm³/mol. The third-order valence-electron chi connectivity index (χ3n) is 5.54. The number of anilines is 1. The van der Waals surface area contributed by atoms with Crippen LogP contribution >= 0.6 is 18.1 Å². The summed E-state index contributed by atoms with van der Waals surface area (Å²) in [6.07, 6.45) is 0. The van der Waals surface area contributed by atoms with Gasteiger partial charge in [-0.2, -0.15) is 0 Å². The second-order valence-electron chi connectivity index (χ2n) is 8.04. The number of benzene rings is 3. The van der Waals surface area contributed by atoms with Crippen LogP contribution in [0.25, 0.3) is 0 Å². The molecule has 0 fully saturated rings. The number of oxime groups is 1. The zero-order valence-corrected chi connectivity index (χ0v) is 24.0. The van der Waals surface area contributed by atoms with Gasteiger partial charge >= 0.3 is 12.7 Å². The van der Waals surface area contributed by atoms with Crippen molar-refractivity contribution in [3.8, 4) is 0 Å². The number of carbonyl (C=O) groups excluding carboxylic acids is 1. The van der Waals surface area contributed by atoms with E-state index in [0.717, 1.165) is 28.0 Å². The normalized spacial score (nSPS) is 12.2. The van der Waals surface area contributed by atoms with E-state index >= 15 is 0 Å². The first-order valence-corrected chi connectivity index (χ1v) is 15.6. The number of thiazole rings is 1. The van der Waals surface area contributed by atoms with E-state index in [0.29, 0.717) is 0 Å². The van der Waals surface area contributed by atoms with E-state index in [2.05, 4.69) is 10.1 Å². The van der Waals surface area contributed by atoms with Gasteiger partial charge in [0.2, 0.25) is 11.3 Å². The summed E-state index contributed by atoms with van der Waals surface area (Å²) in [5, 5.41) is 6.25. The molecule has 0 aliphatic heterocycles. The Labute approximate surface area is 236 Å². The fourth-order valence-electron chi connectivity index (χ4n) is 3.93. The molecule has 8 nitrogen and oxygen atoms in total. The van der Waals surface area contributed by atoms with Gasteiger partial charge in [-0.3, -0.25) is 9.05 Å². The molecule has 3 aromatic carbocycles. The van der Waals surface area contributed by atoms with E-state index in [1.54, 1.807) is 19.2 Å². The maximum absolute atomic E-state index is 13.5. The Morgan fingerprint density at radius 1 is 0.897 bits per heavy atom. The molecule has 0 atom stereocenters. The van der Waals surface area contributed by atoms with Gasteiger partial charge in [0.25, 0.3) is 0 Å². The summed E-state index contributed by atoms with van der Waals surface area (Å²) in [5.41, 5.74) is 7.02. The standard InChI is InChI=1S/C28H28N3O5PS2/c1-3-33-37(38,34-4-2)35-26(32)25(24-20-39-27(29)30-24)31-36-28(21-14-8-5-9-15-21,22-16-10-6-11-17-22)23-18-12-7-13-19-23/h5-20H,3-4H2,1-2H3,(H2,29,30)/b31-25+. The van der Waals surface area contributed by atoms with Gasteiger partial charge in [-0.1, -0.05) is 96.2 Å². The van der Waals surface area contributed by atoms with Gasteiger partial charge in [0.1, 0.15) is 5.69 Å². The molecule has 202 valence electrons. The lowest BCUT2D eigenvalue weighted by Gasteiger charge is -2.33. The number of rotatable bonds is 12. The van der Waals surface area contributed by atoms with Gasteiger partial charge < -0.3 is 15.1 Å². The van der Waals surface area contributed by atoms with Gasteiger partial charge in [0.05, 0.1) is 13.2 Å². The molecule has 2 N–H and O–H groups in total. The Kier molecular flexibility index (Phi) is 9.61. The highest BCUT2D eigenvalue weighted by molar-refractivity contribution is 8.07. The van der Waals surface area contributed by atoms with Crippen LogP contribution in [0, 0.1) is 0 Å². The number of aromatic nitrogens is 1. The maximum Gasteiger partial charge on any atom is 0.383 e. The summed E-state index contributed by atoms with van der Waals surface area (Å²) in [7, 11) is 0. The molecule has 39 heavy (non-hydrogen) atoms. The van der Waals surface area contributed by atoms with Crippen LogP contribution in [0.15, 0.2) is 102 Å².